The molecule has 0 aliphatic heterocycles. The Morgan fingerprint density at radius 3 is 3.19 bits per heavy atom. The minimum atomic E-state index is -0.692. The van der Waals surface area contributed by atoms with Crippen molar-refractivity contribution < 1.29 is 4.79 Å². The van der Waals surface area contributed by atoms with E-state index in [4.69, 9.17) is 5.73 Å². The standard InChI is InChI=1S/C10H11N5O/c1-7-8(6-12-14-10(11)16)15-5-3-2-4-9(15)13-7/h2-6H,1H3,(H3,11,14,16). The monoisotopic (exact) mass is 217 g/mol. The van der Waals surface area contributed by atoms with E-state index >= 15 is 0 Å². The first-order chi connectivity index (χ1) is 7.68. The number of primary amides is 1. The zero-order valence-electron chi connectivity index (χ0n) is 8.71. The summed E-state index contributed by atoms with van der Waals surface area (Å²) >= 11 is 0. The predicted octanol–water partition coefficient (Wildman–Crippen LogP) is 0.645. The van der Waals surface area contributed by atoms with Crippen molar-refractivity contribution in [3.8, 4) is 0 Å². The fraction of sp³-hybridized carbons (Fsp3) is 0.100. The third-order valence-corrected chi connectivity index (χ3v) is 2.11. The van der Waals surface area contributed by atoms with Gasteiger partial charge in [-0.05, 0) is 19.1 Å². The SMILES string of the molecule is Cc1nc2ccccn2c1C=NNC(N)=O. The van der Waals surface area contributed by atoms with Gasteiger partial charge >= 0.3 is 6.03 Å². The lowest BCUT2D eigenvalue weighted by Gasteiger charge is -1.95. The van der Waals surface area contributed by atoms with Gasteiger partial charge in [-0.2, -0.15) is 5.10 Å². The van der Waals surface area contributed by atoms with Crippen LogP contribution in [0.1, 0.15) is 11.4 Å². The average molecular weight is 217 g/mol. The summed E-state index contributed by atoms with van der Waals surface area (Å²) in [6.45, 7) is 1.87. The number of imidazole rings is 1. The van der Waals surface area contributed by atoms with Crippen LogP contribution < -0.4 is 11.2 Å². The molecule has 0 aromatic carbocycles. The second-order valence-electron chi connectivity index (χ2n) is 3.25. The number of hydrogen-bond acceptors (Lipinski definition) is 3. The van der Waals surface area contributed by atoms with Crippen LogP contribution in [0.2, 0.25) is 0 Å². The van der Waals surface area contributed by atoms with Crippen molar-refractivity contribution in [1.82, 2.24) is 14.8 Å². The molecule has 16 heavy (non-hydrogen) atoms. The molecule has 0 spiro atoms. The highest BCUT2D eigenvalue weighted by atomic mass is 16.2. The Hall–Kier alpha value is -2.37. The normalized spacial score (nSPS) is 11.1. The van der Waals surface area contributed by atoms with E-state index < -0.39 is 6.03 Å². The van der Waals surface area contributed by atoms with E-state index in [2.05, 4.69) is 15.5 Å². The third kappa shape index (κ3) is 1.85. The molecule has 6 heteroatoms. The number of carbonyl (C=O) groups excluding carboxylic acids is 1. The van der Waals surface area contributed by atoms with Gasteiger partial charge in [-0.25, -0.2) is 15.2 Å². The minimum Gasteiger partial charge on any atom is -0.350 e. The number of nitrogens with two attached hydrogens (primary N) is 1. The van der Waals surface area contributed by atoms with Crippen LogP contribution in [-0.2, 0) is 0 Å². The van der Waals surface area contributed by atoms with E-state index in [1.54, 1.807) is 0 Å². The molecule has 82 valence electrons. The highest BCUT2D eigenvalue weighted by molar-refractivity contribution is 5.82. The summed E-state index contributed by atoms with van der Waals surface area (Å²) < 4.78 is 1.88. The van der Waals surface area contributed by atoms with Crippen LogP contribution in [0.5, 0.6) is 0 Å². The Balaban J connectivity index is 2.39. The number of aromatic nitrogens is 2. The number of nitrogens with zero attached hydrogens (tertiary/aromatic N) is 3. The van der Waals surface area contributed by atoms with Gasteiger partial charge in [-0.3, -0.25) is 4.40 Å². The van der Waals surface area contributed by atoms with Gasteiger partial charge in [0, 0.05) is 6.20 Å². The number of nitrogens with one attached hydrogen (secondary N) is 1. The number of fused-ring (bicyclic) bond motifs is 1. The van der Waals surface area contributed by atoms with Crippen LogP contribution in [-0.4, -0.2) is 21.6 Å². The van der Waals surface area contributed by atoms with Crippen LogP contribution in [0, 0.1) is 6.92 Å². The Morgan fingerprint density at radius 1 is 1.62 bits per heavy atom. The third-order valence-electron chi connectivity index (χ3n) is 2.11. The molecule has 0 bridgehead atoms. The largest absolute Gasteiger partial charge is 0.350 e. The number of urea groups is 1. The van der Waals surface area contributed by atoms with Crippen LogP contribution in [0.15, 0.2) is 29.5 Å². The van der Waals surface area contributed by atoms with Crippen molar-refractivity contribution in [2.24, 2.45) is 10.8 Å². The lowest BCUT2D eigenvalue weighted by molar-refractivity contribution is 0.249. The van der Waals surface area contributed by atoms with Crippen molar-refractivity contribution in [2.75, 3.05) is 0 Å². The van der Waals surface area contributed by atoms with E-state index in [0.717, 1.165) is 17.0 Å². The van der Waals surface area contributed by atoms with E-state index in [9.17, 15) is 4.79 Å². The molecule has 0 atom stereocenters. The van der Waals surface area contributed by atoms with Gasteiger partial charge in [0.05, 0.1) is 17.6 Å². The Kier molecular flexibility index (Phi) is 2.55. The summed E-state index contributed by atoms with van der Waals surface area (Å²) in [5.74, 6) is 0. The van der Waals surface area contributed by atoms with Crippen LogP contribution in [0.25, 0.3) is 5.65 Å². The van der Waals surface area contributed by atoms with Gasteiger partial charge in [-0.15, -0.1) is 0 Å². The molecule has 0 aliphatic carbocycles. The van der Waals surface area contributed by atoms with Crippen molar-refractivity contribution in [3.63, 3.8) is 0 Å². The summed E-state index contributed by atoms with van der Waals surface area (Å²) in [5.41, 5.74) is 9.52. The van der Waals surface area contributed by atoms with Gasteiger partial charge in [0.15, 0.2) is 0 Å². The molecule has 3 N–H and O–H groups in total. The molecule has 0 radical (unpaired) electrons. The minimum absolute atomic E-state index is 0.692. The molecule has 0 saturated heterocycles. The van der Waals surface area contributed by atoms with E-state index in [1.807, 2.05) is 35.7 Å². The molecule has 6 nitrogen and oxygen atoms in total. The molecule has 0 fully saturated rings. The quantitative estimate of drug-likeness (QED) is 0.571. The molecule has 2 amide bonds. The molecule has 2 heterocycles. The summed E-state index contributed by atoms with van der Waals surface area (Å²) in [5, 5.41) is 3.71. The maximum atomic E-state index is 10.5. The first-order valence-electron chi connectivity index (χ1n) is 4.70. The molecule has 2 aromatic rings. The highest BCUT2D eigenvalue weighted by Gasteiger charge is 2.04. The second kappa shape index (κ2) is 4.01. The molecule has 2 rings (SSSR count). The van der Waals surface area contributed by atoms with Gasteiger partial charge < -0.3 is 5.73 Å². The van der Waals surface area contributed by atoms with Crippen LogP contribution >= 0.6 is 0 Å². The Morgan fingerprint density at radius 2 is 2.44 bits per heavy atom. The number of carbonyl (C=O) groups is 1. The molecule has 0 saturated carbocycles. The van der Waals surface area contributed by atoms with Gasteiger partial charge in [0.2, 0.25) is 0 Å². The maximum absolute atomic E-state index is 10.5. The number of hydrogen-bond donors (Lipinski definition) is 2. The number of pyridine rings is 1. The van der Waals surface area contributed by atoms with Gasteiger partial charge in [-0.1, -0.05) is 6.07 Å². The smallest absolute Gasteiger partial charge is 0.332 e. The Labute approximate surface area is 91.8 Å². The number of aryl methyl sites for hydroxylation is 1. The Bertz CT molecular complexity index is 557. The van der Waals surface area contributed by atoms with Crippen molar-refractivity contribution in [3.05, 3.63) is 35.8 Å². The summed E-state index contributed by atoms with van der Waals surface area (Å²) in [6.07, 6.45) is 3.39. The van der Waals surface area contributed by atoms with Gasteiger partial charge in [0.25, 0.3) is 0 Å². The lowest BCUT2D eigenvalue weighted by atomic mass is 10.4. The predicted molar refractivity (Wildman–Crippen MR) is 60.2 cm³/mol. The van der Waals surface area contributed by atoms with E-state index in [-0.39, 0.29) is 0 Å². The van der Waals surface area contributed by atoms with Gasteiger partial charge in [0.1, 0.15) is 5.65 Å². The second-order valence-corrected chi connectivity index (χ2v) is 3.25. The fourth-order valence-corrected chi connectivity index (χ4v) is 1.44. The molecular formula is C10H11N5O. The van der Waals surface area contributed by atoms with E-state index in [0.29, 0.717) is 0 Å². The summed E-state index contributed by atoms with van der Waals surface area (Å²) in [7, 11) is 0. The van der Waals surface area contributed by atoms with Crippen molar-refractivity contribution >= 4 is 17.9 Å². The molecular weight excluding hydrogens is 206 g/mol. The molecule has 2 aromatic heterocycles. The van der Waals surface area contributed by atoms with Crippen molar-refractivity contribution in [2.45, 2.75) is 6.92 Å². The van der Waals surface area contributed by atoms with Crippen molar-refractivity contribution in [1.29, 1.82) is 0 Å². The summed E-state index contributed by atoms with van der Waals surface area (Å²) in [4.78, 5) is 14.8. The first kappa shape index (κ1) is 10.2. The summed E-state index contributed by atoms with van der Waals surface area (Å²) in [6, 6.07) is 5.01. The average Bonchev–Trinajstić information content (AvgIpc) is 2.55. The molecule has 0 unspecified atom stereocenters. The lowest BCUT2D eigenvalue weighted by Crippen LogP contribution is -2.24. The zero-order chi connectivity index (χ0) is 11.5. The van der Waals surface area contributed by atoms with Crippen LogP contribution in [0.4, 0.5) is 4.79 Å². The van der Waals surface area contributed by atoms with E-state index in [1.165, 1.54) is 6.21 Å². The zero-order valence-corrected chi connectivity index (χ0v) is 8.71. The number of rotatable bonds is 2. The highest BCUT2D eigenvalue weighted by Crippen LogP contribution is 2.08. The number of hydrazone groups is 1. The topological polar surface area (TPSA) is 84.8 Å². The molecule has 0 aliphatic rings. The first-order valence-corrected chi connectivity index (χ1v) is 4.70. The number of amides is 2. The maximum Gasteiger partial charge on any atom is 0.332 e. The van der Waals surface area contributed by atoms with Crippen LogP contribution in [0.3, 0.4) is 0 Å². The fourth-order valence-electron chi connectivity index (χ4n) is 1.44.